The first-order valence-corrected chi connectivity index (χ1v) is 9.45. The Balaban J connectivity index is 0.00000364. The van der Waals surface area contributed by atoms with E-state index in [1.54, 1.807) is 27.0 Å². The number of amidine groups is 1. The van der Waals surface area contributed by atoms with Crippen LogP contribution in [0, 0.1) is 5.92 Å². The molecule has 0 spiro atoms. The molecule has 0 amide bonds. The molecule has 152 valence electrons. The van der Waals surface area contributed by atoms with Crippen LogP contribution in [0.15, 0.2) is 27.8 Å². The van der Waals surface area contributed by atoms with E-state index in [1.165, 1.54) is 18.3 Å². The van der Waals surface area contributed by atoms with Crippen LogP contribution in [0.25, 0.3) is 0 Å². The number of hydrogen-bond donors (Lipinski definition) is 1. The van der Waals surface area contributed by atoms with Crippen molar-refractivity contribution in [3.8, 4) is 0 Å². The van der Waals surface area contributed by atoms with Crippen molar-refractivity contribution in [3.05, 3.63) is 27.9 Å². The third-order valence-electron chi connectivity index (χ3n) is 3.73. The molecule has 1 aliphatic heterocycles. The van der Waals surface area contributed by atoms with E-state index >= 15 is 0 Å². The number of hydrogen-bond acceptors (Lipinski definition) is 8. The molecule has 0 saturated carbocycles. The summed E-state index contributed by atoms with van der Waals surface area (Å²) >= 11 is 1.47. The summed E-state index contributed by atoms with van der Waals surface area (Å²) in [6, 6.07) is -0.379. The molecule has 0 aromatic carbocycles. The van der Waals surface area contributed by atoms with E-state index in [0.29, 0.717) is 17.1 Å². The van der Waals surface area contributed by atoms with Gasteiger partial charge in [-0.3, -0.25) is 4.99 Å². The molecule has 1 aromatic heterocycles. The average Bonchev–Trinajstić information content (AvgIpc) is 3.07. The summed E-state index contributed by atoms with van der Waals surface area (Å²) in [4.78, 5) is 33.5. The molecule has 1 N–H and O–H groups in total. The zero-order valence-electron chi connectivity index (χ0n) is 16.3. The third kappa shape index (κ3) is 5.77. The zero-order chi connectivity index (χ0) is 19.4. The fraction of sp³-hybridized carbons (Fsp3) is 0.556. The van der Waals surface area contributed by atoms with Gasteiger partial charge in [0.2, 0.25) is 0 Å². The van der Waals surface area contributed by atoms with E-state index in [-0.39, 0.29) is 31.9 Å². The molecule has 0 bridgehead atoms. The number of nitrogens with zero attached hydrogens (tertiary/aromatic N) is 2. The summed E-state index contributed by atoms with van der Waals surface area (Å²) in [5.74, 6) is -0.421. The number of nitrogens with one attached hydrogen (secondary N) is 1. The van der Waals surface area contributed by atoms with E-state index in [9.17, 15) is 9.59 Å². The van der Waals surface area contributed by atoms with Crippen LogP contribution >= 0.6 is 23.7 Å². The normalized spacial score (nSPS) is 17.8. The molecular formula is C18H28ClN3O4S. The summed E-state index contributed by atoms with van der Waals surface area (Å²) in [6.45, 7) is 10.8. The largest absolute Gasteiger partial charge is 0.460 e. The summed E-state index contributed by atoms with van der Waals surface area (Å²) in [6.07, 6.45) is 0.455. The highest BCUT2D eigenvalue weighted by atomic mass is 35.5. The van der Waals surface area contributed by atoms with Gasteiger partial charge in [-0.1, -0.05) is 13.8 Å². The van der Waals surface area contributed by atoms with Crippen molar-refractivity contribution < 1.29 is 20.5 Å². The Labute approximate surface area is 171 Å². The second-order valence-corrected chi connectivity index (χ2v) is 7.60. The number of thiazole rings is 1. The minimum atomic E-state index is -0.984. The van der Waals surface area contributed by atoms with Gasteiger partial charge in [0.1, 0.15) is 0 Å². The van der Waals surface area contributed by atoms with E-state index in [1.807, 2.05) is 19.2 Å². The number of esters is 2. The van der Waals surface area contributed by atoms with Crippen molar-refractivity contribution in [1.29, 1.82) is 0 Å². The summed E-state index contributed by atoms with van der Waals surface area (Å²) in [5.41, 5.74) is 1.07. The number of aliphatic imine (C=N–C) groups is 1. The molecule has 0 aliphatic carbocycles. The number of rotatable bonds is 6. The molecule has 0 saturated heterocycles. The number of carbonyl (C=O) groups is 2. The van der Waals surface area contributed by atoms with Gasteiger partial charge in [0, 0.05) is 18.7 Å². The van der Waals surface area contributed by atoms with E-state index < -0.39 is 18.0 Å². The molecule has 1 aliphatic rings. The third-order valence-corrected chi connectivity index (χ3v) is 4.51. The van der Waals surface area contributed by atoms with E-state index in [0.717, 1.165) is 5.01 Å². The molecule has 2 heterocycles. The van der Waals surface area contributed by atoms with Crippen LogP contribution in [0.5, 0.6) is 0 Å². The quantitative estimate of drug-likeness (QED) is 0.714. The number of carbonyl (C=O) groups excluding carboxylic acids is 2. The molecule has 9 heteroatoms. The lowest BCUT2D eigenvalue weighted by atomic mass is 9.93. The van der Waals surface area contributed by atoms with Gasteiger partial charge in [0.05, 0.1) is 17.7 Å². The lowest BCUT2D eigenvalue weighted by Crippen LogP contribution is -2.39. The minimum absolute atomic E-state index is 0. The first-order chi connectivity index (χ1) is 12.2. The molecule has 1 aromatic rings. The number of halogens is 1. The maximum atomic E-state index is 12.7. The Kier molecular flexibility index (Phi) is 8.43. The topological polar surface area (TPSA) is 89.9 Å². The Bertz CT molecular complexity index is 735. The minimum Gasteiger partial charge on any atom is -0.460 e. The second kappa shape index (κ2) is 9.85. The van der Waals surface area contributed by atoms with Gasteiger partial charge in [0.25, 0.3) is 0 Å². The van der Waals surface area contributed by atoms with Crippen molar-refractivity contribution >= 4 is 41.5 Å². The predicted octanol–water partition coefficient (Wildman–Crippen LogP) is 3.34. The van der Waals surface area contributed by atoms with Crippen LogP contribution in [0.1, 0.15) is 48.0 Å². The van der Waals surface area contributed by atoms with Gasteiger partial charge in [-0.05, 0) is 33.6 Å². The number of ether oxygens (including phenoxy) is 2. The molecule has 2 atom stereocenters. The highest BCUT2D eigenvalue weighted by Crippen LogP contribution is 2.25. The Morgan fingerprint density at radius 2 is 1.89 bits per heavy atom. The van der Waals surface area contributed by atoms with Crippen molar-refractivity contribution in [2.45, 2.75) is 59.8 Å². The van der Waals surface area contributed by atoms with Crippen LogP contribution in [-0.2, 0) is 19.1 Å². The monoisotopic (exact) mass is 417 g/mol. The van der Waals surface area contributed by atoms with Gasteiger partial charge in [-0.2, -0.15) is 0 Å². The number of allylic oxidation sites excluding steroid dienone is 1. The second-order valence-electron chi connectivity index (χ2n) is 6.70. The molecule has 0 fully saturated rings. The Hall–Kier alpha value is -1.93. The molecule has 0 unspecified atom stereocenters. The van der Waals surface area contributed by atoms with Gasteiger partial charge in [-0.25, -0.2) is 14.6 Å². The zero-order valence-corrected chi connectivity index (χ0v) is 17.9. The highest BCUT2D eigenvalue weighted by molar-refractivity contribution is 7.11. The van der Waals surface area contributed by atoms with Crippen LogP contribution in [0.2, 0.25) is 0 Å². The average molecular weight is 418 g/mol. The molecule has 2 rings (SSSR count). The van der Waals surface area contributed by atoms with E-state index in [2.05, 4.69) is 15.3 Å². The standard InChI is InChI=1S/C18H25N3O4S.ClH.H2/c1-9(2)14-13(18(23)25-12(6)17(22)24-10(3)4)11(5)20-15(21-14)16-19-7-8-26-16;;/h7-10,12,14H,1-6H3,(H,20,21);2*1H/t12-,14+;;/m1../s1. The van der Waals surface area contributed by atoms with Gasteiger partial charge in [-0.15, -0.1) is 23.7 Å². The van der Waals surface area contributed by atoms with Gasteiger partial charge in [0.15, 0.2) is 16.9 Å². The molecule has 27 heavy (non-hydrogen) atoms. The van der Waals surface area contributed by atoms with Crippen molar-refractivity contribution in [2.75, 3.05) is 0 Å². The molecule has 0 radical (unpaired) electrons. The van der Waals surface area contributed by atoms with Crippen LogP contribution < -0.4 is 5.32 Å². The lowest BCUT2D eigenvalue weighted by Gasteiger charge is -2.28. The van der Waals surface area contributed by atoms with Crippen molar-refractivity contribution in [2.24, 2.45) is 10.9 Å². The number of aromatic nitrogens is 1. The maximum absolute atomic E-state index is 12.7. The summed E-state index contributed by atoms with van der Waals surface area (Å²) in [5, 5.41) is 5.76. The first-order valence-electron chi connectivity index (χ1n) is 8.57. The molecule has 7 nitrogen and oxygen atoms in total. The van der Waals surface area contributed by atoms with Crippen LogP contribution in [-0.4, -0.2) is 41.0 Å². The Morgan fingerprint density at radius 1 is 1.22 bits per heavy atom. The van der Waals surface area contributed by atoms with E-state index in [4.69, 9.17) is 9.47 Å². The van der Waals surface area contributed by atoms with Crippen LogP contribution in [0.4, 0.5) is 0 Å². The Morgan fingerprint density at radius 3 is 2.41 bits per heavy atom. The lowest BCUT2D eigenvalue weighted by molar-refractivity contribution is -0.167. The van der Waals surface area contributed by atoms with Gasteiger partial charge >= 0.3 is 11.9 Å². The summed E-state index contributed by atoms with van der Waals surface area (Å²) in [7, 11) is 0. The van der Waals surface area contributed by atoms with Gasteiger partial charge < -0.3 is 14.8 Å². The predicted molar refractivity (Wildman–Crippen MR) is 109 cm³/mol. The first kappa shape index (κ1) is 23.1. The maximum Gasteiger partial charge on any atom is 0.347 e. The molecular weight excluding hydrogens is 390 g/mol. The highest BCUT2D eigenvalue weighted by Gasteiger charge is 2.33. The smallest absolute Gasteiger partial charge is 0.347 e. The van der Waals surface area contributed by atoms with Crippen molar-refractivity contribution in [1.82, 2.24) is 10.3 Å². The fourth-order valence-electron chi connectivity index (χ4n) is 2.51. The SMILES string of the molecule is CC1=C(C(=O)O[C@H](C)C(=O)OC(C)C)[C@H](C(C)C)N=C(c2nccs2)N1.Cl.[HH]. The van der Waals surface area contributed by atoms with Crippen molar-refractivity contribution in [3.63, 3.8) is 0 Å². The van der Waals surface area contributed by atoms with Crippen LogP contribution in [0.3, 0.4) is 0 Å². The fourth-order valence-corrected chi connectivity index (χ4v) is 3.10. The summed E-state index contributed by atoms with van der Waals surface area (Å²) < 4.78 is 10.4.